The van der Waals surface area contributed by atoms with Gasteiger partial charge >= 0.3 is 0 Å². The number of hydrogen-bond acceptors (Lipinski definition) is 5. The van der Waals surface area contributed by atoms with Crippen LogP contribution in [0.3, 0.4) is 0 Å². The fraction of sp³-hybridized carbons (Fsp3) is 0.467. The number of aliphatic imine (C=N–C) groups is 1. The number of amides is 1. The van der Waals surface area contributed by atoms with Gasteiger partial charge < -0.3 is 9.64 Å². The van der Waals surface area contributed by atoms with Gasteiger partial charge in [-0.3, -0.25) is 4.79 Å². The molecule has 2 saturated heterocycles. The lowest BCUT2D eigenvalue weighted by molar-refractivity contribution is -0.119. The fourth-order valence-electron chi connectivity index (χ4n) is 2.81. The molecular weight excluding hydrogens is 336 g/mol. The van der Waals surface area contributed by atoms with E-state index < -0.39 is 9.84 Å². The SMILES string of the molecule is CCN1C(=NC(=O)COc2ccccc2)SC2CS(=O)(=O)CC21. The predicted octanol–water partition coefficient (Wildman–Crippen LogP) is 1.18. The summed E-state index contributed by atoms with van der Waals surface area (Å²) in [5.41, 5.74) is 0. The molecule has 23 heavy (non-hydrogen) atoms. The highest BCUT2D eigenvalue weighted by Gasteiger charge is 2.48. The normalized spacial score (nSPS) is 27.2. The monoisotopic (exact) mass is 354 g/mol. The molecule has 6 nitrogen and oxygen atoms in total. The number of rotatable bonds is 4. The summed E-state index contributed by atoms with van der Waals surface area (Å²) in [7, 11) is -2.97. The summed E-state index contributed by atoms with van der Waals surface area (Å²) in [6.07, 6.45) is 0. The number of fused-ring (bicyclic) bond motifs is 1. The number of ether oxygens (including phenoxy) is 1. The second kappa shape index (κ2) is 6.52. The van der Waals surface area contributed by atoms with Gasteiger partial charge in [-0.25, -0.2) is 8.42 Å². The van der Waals surface area contributed by atoms with E-state index in [0.29, 0.717) is 17.5 Å². The van der Waals surface area contributed by atoms with Crippen LogP contribution in [0.25, 0.3) is 0 Å². The lowest BCUT2D eigenvalue weighted by atomic mass is 10.2. The van der Waals surface area contributed by atoms with Gasteiger partial charge in [0.05, 0.1) is 17.5 Å². The number of para-hydroxylation sites is 1. The number of hydrogen-bond donors (Lipinski definition) is 0. The molecule has 2 unspecified atom stereocenters. The first-order valence-corrected chi connectivity index (χ1v) is 10.1. The second-order valence-electron chi connectivity index (χ2n) is 5.48. The number of benzene rings is 1. The molecule has 0 spiro atoms. The van der Waals surface area contributed by atoms with Gasteiger partial charge in [0.15, 0.2) is 21.6 Å². The van der Waals surface area contributed by atoms with E-state index in [9.17, 15) is 13.2 Å². The number of carbonyl (C=O) groups is 1. The molecule has 0 bridgehead atoms. The Labute approximate surface area is 139 Å². The molecule has 124 valence electrons. The van der Waals surface area contributed by atoms with Crippen LogP contribution < -0.4 is 4.74 Å². The van der Waals surface area contributed by atoms with Crippen molar-refractivity contribution < 1.29 is 17.9 Å². The molecule has 3 rings (SSSR count). The molecule has 0 N–H and O–H groups in total. The van der Waals surface area contributed by atoms with Gasteiger partial charge in [-0.05, 0) is 19.1 Å². The van der Waals surface area contributed by atoms with E-state index in [0.717, 1.165) is 0 Å². The molecule has 0 aliphatic carbocycles. The first-order valence-electron chi connectivity index (χ1n) is 7.41. The minimum absolute atomic E-state index is 0.0264. The molecule has 1 aromatic carbocycles. The number of amidine groups is 1. The Hall–Kier alpha value is -1.54. The number of carbonyl (C=O) groups excluding carboxylic acids is 1. The smallest absolute Gasteiger partial charge is 0.285 e. The Bertz CT molecular complexity index is 718. The minimum Gasteiger partial charge on any atom is -0.484 e. The zero-order chi connectivity index (χ0) is 16.4. The molecule has 2 heterocycles. The molecule has 1 aromatic rings. The van der Waals surface area contributed by atoms with Crippen molar-refractivity contribution in [2.75, 3.05) is 24.7 Å². The molecule has 2 aliphatic rings. The zero-order valence-electron chi connectivity index (χ0n) is 12.7. The number of nitrogens with zero attached hydrogens (tertiary/aromatic N) is 2. The highest BCUT2D eigenvalue weighted by molar-refractivity contribution is 8.15. The Morgan fingerprint density at radius 3 is 2.78 bits per heavy atom. The molecule has 8 heteroatoms. The lowest BCUT2D eigenvalue weighted by Gasteiger charge is -2.22. The summed E-state index contributed by atoms with van der Waals surface area (Å²) in [5.74, 6) is 0.562. The minimum atomic E-state index is -2.97. The molecule has 0 saturated carbocycles. The molecule has 2 atom stereocenters. The predicted molar refractivity (Wildman–Crippen MR) is 90.6 cm³/mol. The van der Waals surface area contributed by atoms with Crippen molar-refractivity contribution in [2.24, 2.45) is 4.99 Å². The Morgan fingerprint density at radius 2 is 2.09 bits per heavy atom. The van der Waals surface area contributed by atoms with E-state index >= 15 is 0 Å². The van der Waals surface area contributed by atoms with Gasteiger partial charge in [-0.15, -0.1) is 0 Å². The summed E-state index contributed by atoms with van der Waals surface area (Å²) in [4.78, 5) is 18.0. The van der Waals surface area contributed by atoms with E-state index in [2.05, 4.69) is 4.99 Å². The first-order chi connectivity index (χ1) is 11.0. The summed E-state index contributed by atoms with van der Waals surface area (Å²) in [6, 6.07) is 9.02. The van der Waals surface area contributed by atoms with Gasteiger partial charge in [0, 0.05) is 11.8 Å². The molecule has 0 aromatic heterocycles. The van der Waals surface area contributed by atoms with Gasteiger partial charge in [-0.2, -0.15) is 4.99 Å². The highest BCUT2D eigenvalue weighted by Crippen LogP contribution is 2.37. The highest BCUT2D eigenvalue weighted by atomic mass is 32.2. The van der Waals surface area contributed by atoms with Crippen LogP contribution in [0.1, 0.15) is 6.92 Å². The van der Waals surface area contributed by atoms with Gasteiger partial charge in [0.1, 0.15) is 5.75 Å². The van der Waals surface area contributed by atoms with E-state index in [1.807, 2.05) is 30.0 Å². The molecule has 1 amide bonds. The third kappa shape index (κ3) is 3.69. The van der Waals surface area contributed by atoms with Crippen molar-refractivity contribution in [3.8, 4) is 5.75 Å². The van der Waals surface area contributed by atoms with Crippen LogP contribution in [0.15, 0.2) is 35.3 Å². The zero-order valence-corrected chi connectivity index (χ0v) is 14.3. The van der Waals surface area contributed by atoms with Crippen molar-refractivity contribution in [3.63, 3.8) is 0 Å². The standard InChI is InChI=1S/C15H18N2O4S2/c1-2-17-12-9-23(19,20)10-13(12)22-15(17)16-14(18)8-21-11-6-4-3-5-7-11/h3-7,12-13H,2,8-10H2,1H3. The van der Waals surface area contributed by atoms with E-state index in [-0.39, 0.29) is 35.3 Å². The van der Waals surface area contributed by atoms with Crippen molar-refractivity contribution in [3.05, 3.63) is 30.3 Å². The number of sulfone groups is 1. The van der Waals surface area contributed by atoms with Crippen LogP contribution in [0, 0.1) is 0 Å². The lowest BCUT2D eigenvalue weighted by Crippen LogP contribution is -2.37. The summed E-state index contributed by atoms with van der Waals surface area (Å²) in [5, 5.41) is 0.584. The molecule has 2 fully saturated rings. The van der Waals surface area contributed by atoms with Crippen molar-refractivity contribution in [1.82, 2.24) is 4.90 Å². The van der Waals surface area contributed by atoms with Crippen LogP contribution in [-0.4, -0.2) is 60.3 Å². The summed E-state index contributed by atoms with van der Waals surface area (Å²) < 4.78 is 28.8. The van der Waals surface area contributed by atoms with Crippen LogP contribution >= 0.6 is 11.8 Å². The average Bonchev–Trinajstić information content (AvgIpc) is 2.97. The largest absolute Gasteiger partial charge is 0.484 e. The Balaban J connectivity index is 1.64. The third-order valence-electron chi connectivity index (χ3n) is 3.84. The third-order valence-corrected chi connectivity index (χ3v) is 7.09. The second-order valence-corrected chi connectivity index (χ2v) is 8.84. The maximum absolute atomic E-state index is 12.0. The van der Waals surface area contributed by atoms with Gasteiger partial charge in [0.2, 0.25) is 0 Å². The van der Waals surface area contributed by atoms with Gasteiger partial charge in [-0.1, -0.05) is 30.0 Å². The summed E-state index contributed by atoms with van der Waals surface area (Å²) >= 11 is 1.39. The van der Waals surface area contributed by atoms with Crippen LogP contribution in [0.2, 0.25) is 0 Å². The van der Waals surface area contributed by atoms with Crippen LogP contribution in [0.4, 0.5) is 0 Å². The molecule has 0 radical (unpaired) electrons. The maximum atomic E-state index is 12.0. The Kier molecular flexibility index (Phi) is 4.63. The van der Waals surface area contributed by atoms with Crippen molar-refractivity contribution in [2.45, 2.75) is 18.2 Å². The van der Waals surface area contributed by atoms with Crippen LogP contribution in [-0.2, 0) is 14.6 Å². The molecule has 2 aliphatic heterocycles. The van der Waals surface area contributed by atoms with Crippen molar-refractivity contribution >= 4 is 32.7 Å². The molecular formula is C15H18N2O4S2. The van der Waals surface area contributed by atoms with E-state index in [1.54, 1.807) is 12.1 Å². The average molecular weight is 354 g/mol. The topological polar surface area (TPSA) is 76.0 Å². The quantitative estimate of drug-likeness (QED) is 0.808. The maximum Gasteiger partial charge on any atom is 0.285 e. The number of thioether (sulfide) groups is 1. The first kappa shape index (κ1) is 16.3. The summed E-state index contributed by atoms with van der Waals surface area (Å²) in [6.45, 7) is 2.45. The Morgan fingerprint density at radius 1 is 1.35 bits per heavy atom. The van der Waals surface area contributed by atoms with E-state index in [4.69, 9.17) is 4.74 Å². The fourth-order valence-corrected chi connectivity index (χ4v) is 6.84. The van der Waals surface area contributed by atoms with Crippen molar-refractivity contribution in [1.29, 1.82) is 0 Å². The van der Waals surface area contributed by atoms with E-state index in [1.165, 1.54) is 11.8 Å². The van der Waals surface area contributed by atoms with Crippen LogP contribution in [0.5, 0.6) is 5.75 Å². The van der Waals surface area contributed by atoms with Gasteiger partial charge in [0.25, 0.3) is 5.91 Å².